The van der Waals surface area contributed by atoms with E-state index in [4.69, 9.17) is 5.41 Å². The maximum absolute atomic E-state index is 9.29. The lowest BCUT2D eigenvalue weighted by Crippen LogP contribution is -2.54. The Labute approximate surface area is 120 Å². The predicted molar refractivity (Wildman–Crippen MR) is 79.7 cm³/mol. The number of aliphatic hydroxyl groups is 1. The molecule has 5 nitrogen and oxygen atoms in total. The molecule has 0 bridgehead atoms. The zero-order valence-corrected chi connectivity index (χ0v) is 12.3. The predicted octanol–water partition coefficient (Wildman–Crippen LogP) is 0.536. The van der Waals surface area contributed by atoms with Gasteiger partial charge in [0.2, 0.25) is 0 Å². The molecule has 5 heteroatoms. The molecular formula is C15H24N4O. The molecule has 0 aromatic carbocycles. The molecule has 3 N–H and O–H groups in total. The highest BCUT2D eigenvalue weighted by molar-refractivity contribution is 5.97. The molecule has 2 unspecified atom stereocenters. The Balaban J connectivity index is 1.51. The monoisotopic (exact) mass is 276 g/mol. The van der Waals surface area contributed by atoms with Crippen LogP contribution in [0.2, 0.25) is 0 Å². The first-order chi connectivity index (χ1) is 9.54. The first kappa shape index (κ1) is 13.8. The number of rotatable bonds is 5. The summed E-state index contributed by atoms with van der Waals surface area (Å²) in [6, 6.07) is 0.943. The van der Waals surface area contributed by atoms with Crippen LogP contribution in [0.25, 0.3) is 0 Å². The molecule has 0 aliphatic carbocycles. The Kier molecular flexibility index (Phi) is 3.67. The molecule has 0 aromatic rings. The van der Waals surface area contributed by atoms with Crippen molar-refractivity contribution >= 4 is 5.84 Å². The summed E-state index contributed by atoms with van der Waals surface area (Å²) in [5, 5.41) is 20.8. The molecule has 0 aromatic heterocycles. The van der Waals surface area contributed by atoms with Gasteiger partial charge >= 0.3 is 0 Å². The van der Waals surface area contributed by atoms with E-state index in [9.17, 15) is 5.11 Å². The van der Waals surface area contributed by atoms with Crippen molar-refractivity contribution in [3.8, 4) is 0 Å². The normalized spacial score (nSPS) is 30.6. The summed E-state index contributed by atoms with van der Waals surface area (Å²) < 4.78 is 0. The fourth-order valence-corrected chi connectivity index (χ4v) is 2.73. The average Bonchev–Trinajstić information content (AvgIpc) is 3.20. The molecule has 0 spiro atoms. The number of nitrogens with zero attached hydrogens (tertiary/aromatic N) is 2. The summed E-state index contributed by atoms with van der Waals surface area (Å²) in [7, 11) is 0. The summed E-state index contributed by atoms with van der Waals surface area (Å²) in [5.41, 5.74) is 2.42. The highest BCUT2D eigenvalue weighted by Gasteiger charge is 2.33. The van der Waals surface area contributed by atoms with Gasteiger partial charge in [-0.05, 0) is 31.4 Å². The van der Waals surface area contributed by atoms with E-state index in [1.165, 1.54) is 5.57 Å². The standard InChI is InChI=1S/C15H24N4O/c1-10(3-4-13-5-17-13)15(16)19-7-12(11(19)2)6-18-8-14(20)9-18/h3,7,11,13-14,16-17,20H,4-6,8-9H2,1-2H3. The smallest absolute Gasteiger partial charge is 0.127 e. The maximum atomic E-state index is 9.29. The van der Waals surface area contributed by atoms with Crippen molar-refractivity contribution in [3.63, 3.8) is 0 Å². The number of hydrogen-bond donors (Lipinski definition) is 3. The highest BCUT2D eigenvalue weighted by Crippen LogP contribution is 2.27. The Bertz CT molecular complexity index is 460. The van der Waals surface area contributed by atoms with Crippen LogP contribution in [-0.2, 0) is 0 Å². The third-order valence-electron chi connectivity index (χ3n) is 4.44. The van der Waals surface area contributed by atoms with E-state index < -0.39 is 0 Å². The van der Waals surface area contributed by atoms with E-state index in [0.29, 0.717) is 17.9 Å². The van der Waals surface area contributed by atoms with Gasteiger partial charge in [-0.1, -0.05) is 6.08 Å². The van der Waals surface area contributed by atoms with Crippen molar-refractivity contribution in [1.29, 1.82) is 5.41 Å². The van der Waals surface area contributed by atoms with Crippen LogP contribution in [0.4, 0.5) is 0 Å². The van der Waals surface area contributed by atoms with Crippen molar-refractivity contribution in [2.24, 2.45) is 0 Å². The zero-order chi connectivity index (χ0) is 14.3. The topological polar surface area (TPSA) is 72.5 Å². The van der Waals surface area contributed by atoms with Gasteiger partial charge in [0.05, 0.1) is 12.1 Å². The van der Waals surface area contributed by atoms with Gasteiger partial charge in [0.25, 0.3) is 0 Å². The molecule has 3 aliphatic heterocycles. The van der Waals surface area contributed by atoms with Crippen LogP contribution in [0.1, 0.15) is 20.3 Å². The van der Waals surface area contributed by atoms with Gasteiger partial charge < -0.3 is 15.3 Å². The minimum Gasteiger partial charge on any atom is -0.390 e. The summed E-state index contributed by atoms with van der Waals surface area (Å²) >= 11 is 0. The van der Waals surface area contributed by atoms with Crippen molar-refractivity contribution < 1.29 is 5.11 Å². The van der Waals surface area contributed by atoms with E-state index in [1.54, 1.807) is 0 Å². The Morgan fingerprint density at radius 3 is 2.80 bits per heavy atom. The molecule has 3 aliphatic rings. The number of hydrogen-bond acceptors (Lipinski definition) is 4. The fourth-order valence-electron chi connectivity index (χ4n) is 2.73. The molecule has 110 valence electrons. The van der Waals surface area contributed by atoms with Crippen LogP contribution < -0.4 is 5.32 Å². The lowest BCUT2D eigenvalue weighted by Gasteiger charge is -2.44. The number of amidine groups is 1. The largest absolute Gasteiger partial charge is 0.390 e. The second-order valence-corrected chi connectivity index (χ2v) is 6.21. The van der Waals surface area contributed by atoms with E-state index in [2.05, 4.69) is 29.4 Å². The van der Waals surface area contributed by atoms with Crippen LogP contribution in [0, 0.1) is 5.41 Å². The Hall–Kier alpha value is -1.17. The molecule has 2 saturated heterocycles. The van der Waals surface area contributed by atoms with Crippen LogP contribution >= 0.6 is 0 Å². The number of nitrogens with one attached hydrogen (secondary N) is 2. The summed E-state index contributed by atoms with van der Waals surface area (Å²) in [6.07, 6.45) is 5.14. The molecule has 3 rings (SSSR count). The third kappa shape index (κ3) is 2.80. The molecule has 3 heterocycles. The molecule has 0 saturated carbocycles. The second kappa shape index (κ2) is 5.31. The van der Waals surface area contributed by atoms with Crippen LogP contribution in [-0.4, -0.2) is 65.1 Å². The molecule has 2 atom stereocenters. The number of likely N-dealkylation sites (tertiary alicyclic amines) is 1. The van der Waals surface area contributed by atoms with Gasteiger partial charge in [0.1, 0.15) is 5.84 Å². The summed E-state index contributed by atoms with van der Waals surface area (Å²) in [5.74, 6) is 0.616. The average molecular weight is 276 g/mol. The zero-order valence-electron chi connectivity index (χ0n) is 12.3. The van der Waals surface area contributed by atoms with Gasteiger partial charge in [-0.3, -0.25) is 10.3 Å². The van der Waals surface area contributed by atoms with Crippen LogP contribution in [0.3, 0.4) is 0 Å². The lowest BCUT2D eigenvalue weighted by molar-refractivity contribution is 0.00574. The minimum atomic E-state index is -0.137. The van der Waals surface area contributed by atoms with Gasteiger partial charge in [0.15, 0.2) is 0 Å². The van der Waals surface area contributed by atoms with Crippen molar-refractivity contribution in [1.82, 2.24) is 15.1 Å². The molecule has 0 radical (unpaired) electrons. The Morgan fingerprint density at radius 2 is 2.25 bits per heavy atom. The first-order valence-electron chi connectivity index (χ1n) is 7.43. The summed E-state index contributed by atoms with van der Waals surface area (Å²) in [6.45, 7) is 7.79. The second-order valence-electron chi connectivity index (χ2n) is 6.21. The SMILES string of the molecule is CC(=CCC1CN1)C(=N)N1C=C(CN2CC(O)C2)C1C. The minimum absolute atomic E-state index is 0.137. The fraction of sp³-hybridized carbons (Fsp3) is 0.667. The van der Waals surface area contributed by atoms with E-state index in [0.717, 1.165) is 38.2 Å². The van der Waals surface area contributed by atoms with Crippen molar-refractivity contribution in [3.05, 3.63) is 23.4 Å². The number of aliphatic hydroxyl groups excluding tert-OH is 1. The number of β-amino-alcohol motifs (C(OH)–C–C–N with tert-alkyl or cyclic N) is 1. The van der Waals surface area contributed by atoms with E-state index in [1.807, 2.05) is 11.8 Å². The van der Waals surface area contributed by atoms with E-state index in [-0.39, 0.29) is 6.10 Å². The van der Waals surface area contributed by atoms with Crippen molar-refractivity contribution in [2.75, 3.05) is 26.2 Å². The van der Waals surface area contributed by atoms with Crippen LogP contribution in [0.5, 0.6) is 0 Å². The third-order valence-corrected chi connectivity index (χ3v) is 4.44. The molecule has 20 heavy (non-hydrogen) atoms. The maximum Gasteiger partial charge on any atom is 0.127 e. The van der Waals surface area contributed by atoms with Gasteiger partial charge in [-0.2, -0.15) is 0 Å². The van der Waals surface area contributed by atoms with E-state index >= 15 is 0 Å². The molecule has 2 fully saturated rings. The summed E-state index contributed by atoms with van der Waals surface area (Å²) in [4.78, 5) is 4.28. The molecule has 0 amide bonds. The quantitative estimate of drug-likeness (QED) is 0.389. The van der Waals surface area contributed by atoms with Gasteiger partial charge in [-0.25, -0.2) is 0 Å². The highest BCUT2D eigenvalue weighted by atomic mass is 16.3. The van der Waals surface area contributed by atoms with Gasteiger partial charge in [-0.15, -0.1) is 0 Å². The lowest BCUT2D eigenvalue weighted by atomic mass is 9.97. The molecular weight excluding hydrogens is 252 g/mol. The first-order valence-corrected chi connectivity index (χ1v) is 7.43. The Morgan fingerprint density at radius 1 is 1.55 bits per heavy atom. The van der Waals surface area contributed by atoms with Crippen LogP contribution in [0.15, 0.2) is 23.4 Å². The van der Waals surface area contributed by atoms with Gasteiger partial charge in [0, 0.05) is 38.4 Å². The van der Waals surface area contributed by atoms with Crippen molar-refractivity contribution in [2.45, 2.75) is 38.5 Å².